The van der Waals surface area contributed by atoms with Crippen molar-refractivity contribution in [2.75, 3.05) is 27.2 Å². The highest BCUT2D eigenvalue weighted by molar-refractivity contribution is 5.09. The largest absolute Gasteiger partial charge is 0.313 e. The van der Waals surface area contributed by atoms with Crippen molar-refractivity contribution in [1.82, 2.24) is 20.0 Å². The summed E-state index contributed by atoms with van der Waals surface area (Å²) in [6.45, 7) is 4.50. The molecule has 2 unspecified atom stereocenters. The standard InChI is InChI=1S/C12H22N4/c1-10(13-2)11-7-14-16(8-11)12-5-4-6-15(3)9-12/h7-8,10,12-13H,4-6,9H2,1-3H3. The first-order valence-electron chi connectivity index (χ1n) is 6.10. The average molecular weight is 222 g/mol. The Hall–Kier alpha value is -0.870. The van der Waals surface area contributed by atoms with E-state index in [9.17, 15) is 0 Å². The lowest BCUT2D eigenvalue weighted by atomic mass is 10.1. The number of rotatable bonds is 3. The maximum Gasteiger partial charge on any atom is 0.0646 e. The van der Waals surface area contributed by atoms with Crippen LogP contribution in [0.15, 0.2) is 12.4 Å². The van der Waals surface area contributed by atoms with Gasteiger partial charge in [-0.15, -0.1) is 0 Å². The van der Waals surface area contributed by atoms with E-state index >= 15 is 0 Å². The Kier molecular flexibility index (Phi) is 3.61. The van der Waals surface area contributed by atoms with Gasteiger partial charge in [-0.25, -0.2) is 0 Å². The van der Waals surface area contributed by atoms with Crippen LogP contribution >= 0.6 is 0 Å². The molecule has 2 rings (SSSR count). The molecule has 4 nitrogen and oxygen atoms in total. The predicted molar refractivity (Wildman–Crippen MR) is 65.5 cm³/mol. The van der Waals surface area contributed by atoms with Gasteiger partial charge in [0.15, 0.2) is 0 Å². The molecule has 16 heavy (non-hydrogen) atoms. The second kappa shape index (κ2) is 4.97. The van der Waals surface area contributed by atoms with E-state index in [0.29, 0.717) is 12.1 Å². The highest BCUT2D eigenvalue weighted by Crippen LogP contribution is 2.21. The van der Waals surface area contributed by atoms with Crippen LogP contribution in [-0.4, -0.2) is 41.9 Å². The zero-order valence-corrected chi connectivity index (χ0v) is 10.5. The van der Waals surface area contributed by atoms with Gasteiger partial charge in [0.25, 0.3) is 0 Å². The van der Waals surface area contributed by atoms with Crippen LogP contribution in [0, 0.1) is 0 Å². The molecule has 1 aliphatic rings. The van der Waals surface area contributed by atoms with Crippen molar-refractivity contribution in [3.8, 4) is 0 Å². The number of nitrogens with zero attached hydrogens (tertiary/aromatic N) is 3. The molecule has 1 aromatic rings. The minimum Gasteiger partial charge on any atom is -0.313 e. The van der Waals surface area contributed by atoms with E-state index in [1.54, 1.807) is 0 Å². The Balaban J connectivity index is 2.06. The number of piperidine rings is 1. The van der Waals surface area contributed by atoms with Gasteiger partial charge in [0.2, 0.25) is 0 Å². The van der Waals surface area contributed by atoms with Gasteiger partial charge in [0, 0.05) is 24.3 Å². The van der Waals surface area contributed by atoms with E-state index in [4.69, 9.17) is 0 Å². The molecule has 4 heteroatoms. The summed E-state index contributed by atoms with van der Waals surface area (Å²) in [5.74, 6) is 0. The summed E-state index contributed by atoms with van der Waals surface area (Å²) in [6, 6.07) is 0.937. The molecule has 0 radical (unpaired) electrons. The zero-order chi connectivity index (χ0) is 11.5. The molecule has 0 bridgehead atoms. The monoisotopic (exact) mass is 222 g/mol. The molecule has 1 saturated heterocycles. The average Bonchev–Trinajstić information content (AvgIpc) is 2.77. The number of hydrogen-bond acceptors (Lipinski definition) is 3. The third-order valence-electron chi connectivity index (χ3n) is 3.53. The molecular formula is C12H22N4. The van der Waals surface area contributed by atoms with Crippen molar-refractivity contribution in [2.24, 2.45) is 0 Å². The van der Waals surface area contributed by atoms with E-state index in [1.807, 2.05) is 13.2 Å². The fraction of sp³-hybridized carbons (Fsp3) is 0.750. The van der Waals surface area contributed by atoms with E-state index in [1.165, 1.54) is 24.9 Å². The lowest BCUT2D eigenvalue weighted by Crippen LogP contribution is -2.33. The molecule has 1 aliphatic heterocycles. The van der Waals surface area contributed by atoms with Crippen LogP contribution in [0.5, 0.6) is 0 Å². The van der Waals surface area contributed by atoms with Crippen LogP contribution in [0.25, 0.3) is 0 Å². The zero-order valence-electron chi connectivity index (χ0n) is 10.5. The minimum atomic E-state index is 0.384. The number of nitrogens with one attached hydrogen (secondary N) is 1. The molecule has 2 atom stereocenters. The Bertz CT molecular complexity index is 334. The van der Waals surface area contributed by atoms with Crippen LogP contribution in [0.2, 0.25) is 0 Å². The second-order valence-corrected chi connectivity index (χ2v) is 4.82. The van der Waals surface area contributed by atoms with E-state index < -0.39 is 0 Å². The first kappa shape index (κ1) is 11.6. The SMILES string of the molecule is CNC(C)c1cnn(C2CCCN(C)C2)c1. The van der Waals surface area contributed by atoms with Gasteiger partial charge in [-0.05, 0) is 40.4 Å². The van der Waals surface area contributed by atoms with Gasteiger partial charge in [0.1, 0.15) is 0 Å². The summed E-state index contributed by atoms with van der Waals surface area (Å²) < 4.78 is 2.14. The maximum absolute atomic E-state index is 4.49. The Morgan fingerprint density at radius 2 is 2.38 bits per heavy atom. The maximum atomic E-state index is 4.49. The molecule has 0 aliphatic carbocycles. The third-order valence-corrected chi connectivity index (χ3v) is 3.53. The summed E-state index contributed by atoms with van der Waals surface area (Å²) in [5.41, 5.74) is 1.27. The van der Waals surface area contributed by atoms with Crippen molar-refractivity contribution >= 4 is 0 Å². The van der Waals surface area contributed by atoms with Crippen molar-refractivity contribution in [3.05, 3.63) is 18.0 Å². The molecule has 1 N–H and O–H groups in total. The highest BCUT2D eigenvalue weighted by Gasteiger charge is 2.19. The molecule has 0 spiro atoms. The molecular weight excluding hydrogens is 200 g/mol. The fourth-order valence-corrected chi connectivity index (χ4v) is 2.30. The fourth-order valence-electron chi connectivity index (χ4n) is 2.30. The van der Waals surface area contributed by atoms with Gasteiger partial charge in [-0.3, -0.25) is 4.68 Å². The highest BCUT2D eigenvalue weighted by atomic mass is 15.3. The van der Waals surface area contributed by atoms with E-state index in [-0.39, 0.29) is 0 Å². The van der Waals surface area contributed by atoms with Crippen LogP contribution in [0.4, 0.5) is 0 Å². The first-order valence-corrected chi connectivity index (χ1v) is 6.10. The van der Waals surface area contributed by atoms with Crippen LogP contribution in [0.1, 0.15) is 37.4 Å². The van der Waals surface area contributed by atoms with Gasteiger partial charge >= 0.3 is 0 Å². The molecule has 90 valence electrons. The van der Waals surface area contributed by atoms with Crippen molar-refractivity contribution in [1.29, 1.82) is 0 Å². The lowest BCUT2D eigenvalue weighted by molar-refractivity contribution is 0.202. The summed E-state index contributed by atoms with van der Waals surface area (Å²) in [7, 11) is 4.17. The van der Waals surface area contributed by atoms with Gasteiger partial charge in [0.05, 0.1) is 12.2 Å². The predicted octanol–water partition coefficient (Wildman–Crippen LogP) is 1.43. The Morgan fingerprint density at radius 3 is 3.06 bits per heavy atom. The first-order chi connectivity index (χ1) is 7.70. The van der Waals surface area contributed by atoms with Crippen molar-refractivity contribution in [2.45, 2.75) is 31.8 Å². The summed E-state index contributed by atoms with van der Waals surface area (Å²) in [4.78, 5) is 2.39. The minimum absolute atomic E-state index is 0.384. The van der Waals surface area contributed by atoms with Crippen LogP contribution in [-0.2, 0) is 0 Å². The molecule has 2 heterocycles. The quantitative estimate of drug-likeness (QED) is 0.840. The Morgan fingerprint density at radius 1 is 1.56 bits per heavy atom. The topological polar surface area (TPSA) is 33.1 Å². The summed E-state index contributed by atoms with van der Waals surface area (Å²) in [5, 5.41) is 7.74. The third kappa shape index (κ3) is 2.44. The summed E-state index contributed by atoms with van der Waals surface area (Å²) in [6.07, 6.45) is 6.69. The molecule has 1 fully saturated rings. The van der Waals surface area contributed by atoms with Gasteiger partial charge < -0.3 is 10.2 Å². The number of aromatic nitrogens is 2. The Labute approximate surface area is 97.6 Å². The molecule has 0 aromatic carbocycles. The van der Waals surface area contributed by atoms with E-state index in [2.05, 4.69) is 40.2 Å². The van der Waals surface area contributed by atoms with E-state index in [0.717, 1.165) is 6.54 Å². The molecule has 0 saturated carbocycles. The lowest BCUT2D eigenvalue weighted by Gasteiger charge is -2.29. The van der Waals surface area contributed by atoms with Crippen LogP contribution < -0.4 is 5.32 Å². The number of likely N-dealkylation sites (N-methyl/N-ethyl adjacent to an activating group) is 1. The van der Waals surface area contributed by atoms with Gasteiger partial charge in [-0.2, -0.15) is 5.10 Å². The number of likely N-dealkylation sites (tertiary alicyclic amines) is 1. The second-order valence-electron chi connectivity index (χ2n) is 4.82. The normalized spacial score (nSPS) is 24.6. The molecule has 1 aromatic heterocycles. The summed E-state index contributed by atoms with van der Waals surface area (Å²) >= 11 is 0. The smallest absolute Gasteiger partial charge is 0.0646 e. The van der Waals surface area contributed by atoms with Crippen molar-refractivity contribution < 1.29 is 0 Å². The van der Waals surface area contributed by atoms with Gasteiger partial charge in [-0.1, -0.05) is 0 Å². The molecule has 0 amide bonds. The number of hydrogen-bond donors (Lipinski definition) is 1. The van der Waals surface area contributed by atoms with Crippen molar-refractivity contribution in [3.63, 3.8) is 0 Å². The van der Waals surface area contributed by atoms with Crippen LogP contribution in [0.3, 0.4) is 0 Å².